The van der Waals surface area contributed by atoms with E-state index in [0.29, 0.717) is 12.0 Å². The maximum Gasteiger partial charge on any atom is 0.321 e. The third-order valence-electron chi connectivity index (χ3n) is 0.643. The molecule has 4 N–H and O–H groups in total. The number of hydrogen-bond donors (Lipinski definition) is 3. The lowest BCUT2D eigenvalue weighted by Crippen LogP contribution is -2.32. The van der Waals surface area contributed by atoms with Gasteiger partial charge >= 0.3 is 5.97 Å². The van der Waals surface area contributed by atoms with Gasteiger partial charge in [0.1, 0.15) is 6.04 Å². The summed E-state index contributed by atoms with van der Waals surface area (Å²) in [4.78, 5) is 10.00. The predicted octanol–water partition coefficient (Wildman–Crippen LogP) is -0.532. The number of rotatable bonds is 5. The van der Waals surface area contributed by atoms with Gasteiger partial charge in [0.15, 0.2) is 0 Å². The fourth-order valence-corrected chi connectivity index (χ4v) is 0.582. The van der Waals surface area contributed by atoms with E-state index < -0.39 is 12.0 Å². The lowest BCUT2D eigenvalue weighted by molar-refractivity contribution is -0.432. The minimum Gasteiger partial charge on any atom is -0.480 e. The summed E-state index contributed by atoms with van der Waals surface area (Å²) in [6, 6.07) is -1.01. The molecule has 0 aromatic heterocycles. The van der Waals surface area contributed by atoms with Gasteiger partial charge in [-0.3, -0.25) is 4.79 Å². The second-order valence-electron chi connectivity index (χ2n) is 1.37. The molecule has 6 nitrogen and oxygen atoms in total. The zero-order valence-corrected chi connectivity index (χ0v) is 5.71. The molecular formula is C3H7NO5S. The molecule has 0 bridgehead atoms. The molecule has 0 aliphatic heterocycles. The van der Waals surface area contributed by atoms with Crippen molar-refractivity contribution >= 4 is 18.0 Å². The zero-order chi connectivity index (χ0) is 7.98. The largest absolute Gasteiger partial charge is 0.480 e. The molecule has 0 amide bonds. The lowest BCUT2D eigenvalue weighted by Gasteiger charge is -2.01. The molecule has 0 heterocycles. The van der Waals surface area contributed by atoms with Gasteiger partial charge in [-0.15, -0.1) is 4.33 Å². The lowest BCUT2D eigenvalue weighted by atomic mass is 10.4. The van der Waals surface area contributed by atoms with E-state index in [9.17, 15) is 4.79 Å². The van der Waals surface area contributed by atoms with Crippen LogP contribution in [-0.2, 0) is 14.2 Å². The van der Waals surface area contributed by atoms with Crippen LogP contribution < -0.4 is 5.73 Å². The second-order valence-corrected chi connectivity index (χ2v) is 2.08. The van der Waals surface area contributed by atoms with Crippen LogP contribution >= 0.6 is 12.0 Å². The van der Waals surface area contributed by atoms with Crippen molar-refractivity contribution in [3.05, 3.63) is 0 Å². The quantitative estimate of drug-likeness (QED) is 0.220. The Balaban J connectivity index is 3.21. The minimum atomic E-state index is -1.13. The molecule has 0 saturated heterocycles. The minimum absolute atomic E-state index is 0.00981. The van der Waals surface area contributed by atoms with E-state index in [1.807, 2.05) is 0 Å². The summed E-state index contributed by atoms with van der Waals surface area (Å²) in [7, 11) is 0. The fraction of sp³-hybridized carbons (Fsp3) is 0.667. The normalized spacial score (nSPS) is 13.0. The number of aliphatic carboxylic acids is 1. The van der Waals surface area contributed by atoms with Gasteiger partial charge in [0.2, 0.25) is 0 Å². The van der Waals surface area contributed by atoms with Crippen LogP contribution in [0.3, 0.4) is 0 Å². The summed E-state index contributed by atoms with van der Waals surface area (Å²) in [5.74, 6) is -1.12. The maximum absolute atomic E-state index is 10.00. The Morgan fingerprint density at radius 3 is 2.80 bits per heavy atom. The fourth-order valence-electron chi connectivity index (χ4n) is 0.194. The Morgan fingerprint density at radius 2 is 2.40 bits per heavy atom. The van der Waals surface area contributed by atoms with Crippen molar-refractivity contribution in [3.63, 3.8) is 0 Å². The van der Waals surface area contributed by atoms with Crippen LogP contribution in [0.1, 0.15) is 0 Å². The van der Waals surface area contributed by atoms with Crippen molar-refractivity contribution in [2.75, 3.05) is 5.75 Å². The van der Waals surface area contributed by atoms with Crippen molar-refractivity contribution in [2.24, 2.45) is 5.73 Å². The van der Waals surface area contributed by atoms with E-state index in [0.717, 1.165) is 0 Å². The van der Waals surface area contributed by atoms with Crippen molar-refractivity contribution in [1.82, 2.24) is 0 Å². The van der Waals surface area contributed by atoms with Crippen LogP contribution in [0.25, 0.3) is 0 Å². The molecule has 60 valence electrons. The van der Waals surface area contributed by atoms with Crippen molar-refractivity contribution in [3.8, 4) is 0 Å². The molecule has 0 radical (unpaired) electrons. The molecule has 0 aromatic rings. The Bertz CT molecular complexity index is 109. The Morgan fingerprint density at radius 1 is 1.80 bits per heavy atom. The summed E-state index contributed by atoms with van der Waals surface area (Å²) in [5, 5.41) is 19.0. The number of carboxylic acids is 1. The number of nitrogens with two attached hydrogens (primary N) is 1. The second kappa shape index (κ2) is 5.45. The average Bonchev–Trinajstić information content (AvgIpc) is 1.88. The van der Waals surface area contributed by atoms with E-state index in [1.54, 1.807) is 0 Å². The van der Waals surface area contributed by atoms with Gasteiger partial charge in [0.25, 0.3) is 0 Å². The molecule has 7 heteroatoms. The molecule has 0 saturated carbocycles. The van der Waals surface area contributed by atoms with E-state index in [-0.39, 0.29) is 5.75 Å². The van der Waals surface area contributed by atoms with Crippen LogP contribution in [0.2, 0.25) is 0 Å². The molecule has 0 unspecified atom stereocenters. The number of carboxylic acid groups (broad SMARTS) is 1. The molecule has 0 spiro atoms. The first-order valence-electron chi connectivity index (χ1n) is 2.26. The average molecular weight is 169 g/mol. The van der Waals surface area contributed by atoms with Gasteiger partial charge in [0, 0.05) is 17.8 Å². The smallest absolute Gasteiger partial charge is 0.321 e. The molecule has 10 heavy (non-hydrogen) atoms. The van der Waals surface area contributed by atoms with Crippen LogP contribution in [-0.4, -0.2) is 28.1 Å². The first-order chi connectivity index (χ1) is 4.68. The van der Waals surface area contributed by atoms with Crippen molar-refractivity contribution in [2.45, 2.75) is 6.04 Å². The SMILES string of the molecule is N[C@@H](CSOOO)C(=O)O. The Hall–Kier alpha value is -0.340. The molecule has 0 aliphatic carbocycles. The monoisotopic (exact) mass is 169 g/mol. The van der Waals surface area contributed by atoms with Gasteiger partial charge in [-0.05, 0) is 0 Å². The van der Waals surface area contributed by atoms with Gasteiger partial charge in [-0.1, -0.05) is 5.04 Å². The highest BCUT2D eigenvalue weighted by Crippen LogP contribution is 2.02. The van der Waals surface area contributed by atoms with E-state index in [1.165, 1.54) is 0 Å². The predicted molar refractivity (Wildman–Crippen MR) is 32.9 cm³/mol. The van der Waals surface area contributed by atoms with E-state index >= 15 is 0 Å². The summed E-state index contributed by atoms with van der Waals surface area (Å²) in [6.07, 6.45) is 0. The number of hydrogen-bond acceptors (Lipinski definition) is 6. The van der Waals surface area contributed by atoms with Crippen LogP contribution in [0, 0.1) is 0 Å². The van der Waals surface area contributed by atoms with Crippen LogP contribution in [0.4, 0.5) is 0 Å². The Kier molecular flexibility index (Phi) is 5.26. The highest BCUT2D eigenvalue weighted by Gasteiger charge is 2.11. The summed E-state index contributed by atoms with van der Waals surface area (Å²) in [6.45, 7) is 0. The summed E-state index contributed by atoms with van der Waals surface area (Å²) >= 11 is 0.612. The highest BCUT2D eigenvalue weighted by molar-refractivity contribution is 7.94. The summed E-state index contributed by atoms with van der Waals surface area (Å²) in [5.41, 5.74) is 5.02. The first kappa shape index (κ1) is 9.66. The van der Waals surface area contributed by atoms with E-state index in [4.69, 9.17) is 16.1 Å². The topological polar surface area (TPSA) is 102 Å². The first-order valence-corrected chi connectivity index (χ1v) is 3.17. The van der Waals surface area contributed by atoms with Crippen molar-refractivity contribution in [1.29, 1.82) is 0 Å². The van der Waals surface area contributed by atoms with Gasteiger partial charge < -0.3 is 10.8 Å². The Labute approximate surface area is 61.0 Å². The molecule has 0 fully saturated rings. The van der Waals surface area contributed by atoms with Crippen LogP contribution in [0.15, 0.2) is 0 Å². The van der Waals surface area contributed by atoms with Gasteiger partial charge in [-0.2, -0.15) is 0 Å². The van der Waals surface area contributed by atoms with Gasteiger partial charge in [-0.25, -0.2) is 5.26 Å². The van der Waals surface area contributed by atoms with E-state index in [2.05, 4.69) is 9.37 Å². The molecule has 0 rings (SSSR count). The molecular weight excluding hydrogens is 162 g/mol. The third-order valence-corrected chi connectivity index (χ3v) is 1.30. The van der Waals surface area contributed by atoms with Gasteiger partial charge in [0.05, 0.1) is 0 Å². The maximum atomic E-state index is 10.00. The third kappa shape index (κ3) is 4.53. The summed E-state index contributed by atoms with van der Waals surface area (Å²) < 4.78 is 3.88. The standard InChI is InChI=1S/C3H7NO5S/c4-2(3(5)6)1-10-9-8-7/h2,7H,1,4H2,(H,5,6)/t2-/m0/s1. The molecule has 0 aromatic carbocycles. The van der Waals surface area contributed by atoms with Crippen molar-refractivity contribution < 1.29 is 24.5 Å². The van der Waals surface area contributed by atoms with Crippen LogP contribution in [0.5, 0.6) is 0 Å². The highest BCUT2D eigenvalue weighted by atomic mass is 32.2. The number of carbonyl (C=O) groups is 1. The molecule has 0 aliphatic rings. The zero-order valence-electron chi connectivity index (χ0n) is 4.89. The molecule has 1 atom stereocenters.